The minimum atomic E-state index is -0.265. The van der Waals surface area contributed by atoms with Gasteiger partial charge in [-0.15, -0.1) is 12.4 Å². The highest BCUT2D eigenvalue weighted by atomic mass is 35.5. The van der Waals surface area contributed by atoms with Gasteiger partial charge in [-0.2, -0.15) is 0 Å². The average molecular weight is 257 g/mol. The lowest BCUT2D eigenvalue weighted by Crippen LogP contribution is -2.36. The zero-order valence-electron chi connectivity index (χ0n) is 9.28. The molecule has 0 radical (unpaired) electrons. The first-order valence-electron chi connectivity index (χ1n) is 5.56. The summed E-state index contributed by atoms with van der Waals surface area (Å²) in [6.07, 6.45) is 0.960. The SMILES string of the molecule is Cl.O=C1c2cccc(F)c2CN1[C@H]1CCNC1. The van der Waals surface area contributed by atoms with Crippen molar-refractivity contribution in [3.63, 3.8) is 0 Å². The highest BCUT2D eigenvalue weighted by molar-refractivity contribution is 5.98. The van der Waals surface area contributed by atoms with E-state index in [0.717, 1.165) is 19.5 Å². The molecule has 2 aliphatic rings. The van der Waals surface area contributed by atoms with E-state index in [9.17, 15) is 9.18 Å². The molecule has 0 spiro atoms. The van der Waals surface area contributed by atoms with Gasteiger partial charge in [0.2, 0.25) is 0 Å². The van der Waals surface area contributed by atoms with E-state index in [-0.39, 0.29) is 30.2 Å². The Balaban J connectivity index is 0.00000108. The Morgan fingerprint density at radius 1 is 1.41 bits per heavy atom. The maximum absolute atomic E-state index is 13.5. The highest BCUT2D eigenvalue weighted by Gasteiger charge is 2.35. The summed E-state index contributed by atoms with van der Waals surface area (Å²) >= 11 is 0. The molecule has 3 rings (SSSR count). The van der Waals surface area contributed by atoms with Crippen LogP contribution in [0.25, 0.3) is 0 Å². The van der Waals surface area contributed by atoms with Crippen LogP contribution in [0.5, 0.6) is 0 Å². The molecular formula is C12H14ClFN2O. The number of rotatable bonds is 1. The summed E-state index contributed by atoms with van der Waals surface area (Å²) in [5.41, 5.74) is 1.09. The molecule has 0 bridgehead atoms. The first-order chi connectivity index (χ1) is 7.77. The zero-order valence-corrected chi connectivity index (χ0v) is 10.1. The van der Waals surface area contributed by atoms with E-state index in [1.54, 1.807) is 17.0 Å². The Bertz CT molecular complexity index is 446. The molecule has 1 aromatic carbocycles. The molecule has 1 saturated heterocycles. The maximum atomic E-state index is 13.5. The third-order valence-corrected chi connectivity index (χ3v) is 3.41. The van der Waals surface area contributed by atoms with Crippen LogP contribution in [-0.2, 0) is 6.54 Å². The van der Waals surface area contributed by atoms with Gasteiger partial charge in [-0.25, -0.2) is 4.39 Å². The van der Waals surface area contributed by atoms with Gasteiger partial charge in [0.25, 0.3) is 5.91 Å². The van der Waals surface area contributed by atoms with Crippen LogP contribution in [0, 0.1) is 5.82 Å². The third-order valence-electron chi connectivity index (χ3n) is 3.41. The molecule has 0 aliphatic carbocycles. The average Bonchev–Trinajstić information content (AvgIpc) is 2.88. The topological polar surface area (TPSA) is 32.3 Å². The fourth-order valence-corrected chi connectivity index (χ4v) is 2.52. The van der Waals surface area contributed by atoms with Crippen molar-refractivity contribution >= 4 is 18.3 Å². The molecule has 1 N–H and O–H groups in total. The second-order valence-corrected chi connectivity index (χ2v) is 4.35. The van der Waals surface area contributed by atoms with Crippen LogP contribution in [0.2, 0.25) is 0 Å². The van der Waals surface area contributed by atoms with Gasteiger partial charge >= 0.3 is 0 Å². The molecule has 1 atom stereocenters. The smallest absolute Gasteiger partial charge is 0.254 e. The predicted octanol–water partition coefficient (Wildman–Crippen LogP) is 1.57. The number of nitrogens with one attached hydrogen (secondary N) is 1. The van der Waals surface area contributed by atoms with E-state index in [2.05, 4.69) is 5.32 Å². The first-order valence-corrected chi connectivity index (χ1v) is 5.56. The van der Waals surface area contributed by atoms with Gasteiger partial charge in [-0.05, 0) is 25.1 Å². The molecule has 3 nitrogen and oxygen atoms in total. The first kappa shape index (κ1) is 12.3. The largest absolute Gasteiger partial charge is 0.330 e. The van der Waals surface area contributed by atoms with E-state index < -0.39 is 0 Å². The van der Waals surface area contributed by atoms with E-state index in [1.165, 1.54) is 6.07 Å². The van der Waals surface area contributed by atoms with Crippen molar-refractivity contribution in [3.8, 4) is 0 Å². The van der Waals surface area contributed by atoms with Crippen LogP contribution < -0.4 is 5.32 Å². The second-order valence-electron chi connectivity index (χ2n) is 4.35. The number of fused-ring (bicyclic) bond motifs is 1. The number of nitrogens with zero attached hydrogens (tertiary/aromatic N) is 1. The van der Waals surface area contributed by atoms with Crippen molar-refractivity contribution in [1.82, 2.24) is 10.2 Å². The summed E-state index contributed by atoms with van der Waals surface area (Å²) < 4.78 is 13.5. The number of hydrogen-bond acceptors (Lipinski definition) is 2. The predicted molar refractivity (Wildman–Crippen MR) is 64.8 cm³/mol. The van der Waals surface area contributed by atoms with Crippen molar-refractivity contribution in [3.05, 3.63) is 35.1 Å². The molecule has 1 amide bonds. The molecule has 5 heteroatoms. The summed E-state index contributed by atoms with van der Waals surface area (Å²) in [4.78, 5) is 13.9. The van der Waals surface area contributed by atoms with Crippen LogP contribution in [0.4, 0.5) is 4.39 Å². The van der Waals surface area contributed by atoms with E-state index in [4.69, 9.17) is 0 Å². The van der Waals surface area contributed by atoms with Crippen molar-refractivity contribution in [2.24, 2.45) is 0 Å². The lowest BCUT2D eigenvalue weighted by Gasteiger charge is -2.22. The molecule has 0 unspecified atom stereocenters. The summed E-state index contributed by atoms with van der Waals surface area (Å²) in [6, 6.07) is 4.95. The number of hydrogen-bond donors (Lipinski definition) is 1. The molecular weight excluding hydrogens is 243 g/mol. The summed E-state index contributed by atoms with van der Waals surface area (Å²) in [5, 5.41) is 3.22. The minimum Gasteiger partial charge on any atom is -0.330 e. The van der Waals surface area contributed by atoms with E-state index in [1.807, 2.05) is 0 Å². The number of benzene rings is 1. The van der Waals surface area contributed by atoms with Gasteiger partial charge in [0, 0.05) is 23.7 Å². The molecule has 92 valence electrons. The monoisotopic (exact) mass is 256 g/mol. The molecule has 0 aromatic heterocycles. The number of amides is 1. The quantitative estimate of drug-likeness (QED) is 0.827. The normalized spacial score (nSPS) is 22.5. The van der Waals surface area contributed by atoms with Gasteiger partial charge < -0.3 is 10.2 Å². The van der Waals surface area contributed by atoms with Gasteiger partial charge in [-0.3, -0.25) is 4.79 Å². The summed E-state index contributed by atoms with van der Waals surface area (Å²) in [5.74, 6) is -0.289. The Kier molecular flexibility index (Phi) is 3.35. The van der Waals surface area contributed by atoms with Crippen LogP contribution >= 0.6 is 12.4 Å². The molecule has 1 fully saturated rings. The van der Waals surface area contributed by atoms with E-state index in [0.29, 0.717) is 17.7 Å². The minimum absolute atomic E-state index is 0. The van der Waals surface area contributed by atoms with Gasteiger partial charge in [-0.1, -0.05) is 6.07 Å². The third kappa shape index (κ3) is 1.91. The fraction of sp³-hybridized carbons (Fsp3) is 0.417. The summed E-state index contributed by atoms with van der Waals surface area (Å²) in [6.45, 7) is 2.18. The lowest BCUT2D eigenvalue weighted by molar-refractivity contribution is 0.0717. The molecule has 17 heavy (non-hydrogen) atoms. The highest BCUT2D eigenvalue weighted by Crippen LogP contribution is 2.28. The van der Waals surface area contributed by atoms with Crippen LogP contribution in [0.3, 0.4) is 0 Å². The van der Waals surface area contributed by atoms with E-state index >= 15 is 0 Å². The summed E-state index contributed by atoms with van der Waals surface area (Å²) in [7, 11) is 0. The van der Waals surface area contributed by atoms with Crippen LogP contribution in [-0.4, -0.2) is 29.9 Å². The van der Waals surface area contributed by atoms with Crippen LogP contribution in [0.1, 0.15) is 22.3 Å². The van der Waals surface area contributed by atoms with Gasteiger partial charge in [0.05, 0.1) is 6.54 Å². The van der Waals surface area contributed by atoms with Crippen molar-refractivity contribution < 1.29 is 9.18 Å². The number of carbonyl (C=O) groups excluding carboxylic acids is 1. The number of halogens is 2. The van der Waals surface area contributed by atoms with Crippen molar-refractivity contribution in [1.29, 1.82) is 0 Å². The van der Waals surface area contributed by atoms with Crippen molar-refractivity contribution in [2.45, 2.75) is 19.0 Å². The Morgan fingerprint density at radius 3 is 2.88 bits per heavy atom. The molecule has 2 heterocycles. The lowest BCUT2D eigenvalue weighted by atomic mass is 10.1. The standard InChI is InChI=1S/C12H13FN2O.ClH/c13-11-3-1-2-9-10(11)7-15(12(9)16)8-4-5-14-6-8;/h1-3,8,14H,4-7H2;1H/t8-;/m0./s1. The Hall–Kier alpha value is -1.13. The second kappa shape index (κ2) is 4.63. The zero-order chi connectivity index (χ0) is 11.1. The van der Waals surface area contributed by atoms with Crippen LogP contribution in [0.15, 0.2) is 18.2 Å². The Morgan fingerprint density at radius 2 is 2.24 bits per heavy atom. The molecule has 1 aromatic rings. The molecule has 0 saturated carbocycles. The van der Waals surface area contributed by atoms with Crippen molar-refractivity contribution in [2.75, 3.05) is 13.1 Å². The number of carbonyl (C=O) groups is 1. The van der Waals surface area contributed by atoms with Gasteiger partial charge in [0.15, 0.2) is 0 Å². The van der Waals surface area contributed by atoms with Gasteiger partial charge in [0.1, 0.15) is 5.82 Å². The maximum Gasteiger partial charge on any atom is 0.254 e. The molecule has 2 aliphatic heterocycles. The fourth-order valence-electron chi connectivity index (χ4n) is 2.52. The Labute approximate surface area is 105 Å².